The molecule has 0 aliphatic carbocycles. The van der Waals surface area contributed by atoms with E-state index in [0.29, 0.717) is 49.0 Å². The van der Waals surface area contributed by atoms with Gasteiger partial charge in [-0.2, -0.15) is 5.26 Å². The Morgan fingerprint density at radius 2 is 1.88 bits per heavy atom. The molecule has 4 heterocycles. The number of nitrogens with two attached hydrogens (primary N) is 1. The van der Waals surface area contributed by atoms with E-state index in [9.17, 15) is 5.26 Å². The van der Waals surface area contributed by atoms with Gasteiger partial charge in [-0.05, 0) is 44.9 Å². The average molecular weight is 563 g/mol. The number of hydrogen-bond acceptors (Lipinski definition) is 10. The van der Waals surface area contributed by atoms with Gasteiger partial charge in [0, 0.05) is 48.0 Å². The number of rotatable bonds is 8. The van der Waals surface area contributed by atoms with Crippen LogP contribution in [0.1, 0.15) is 45.5 Å². The largest absolute Gasteiger partial charge is 0.493 e. The van der Waals surface area contributed by atoms with E-state index in [-0.39, 0.29) is 37.8 Å². The maximum atomic E-state index is 10.7. The molecule has 2 N–H and O–H groups in total. The molecule has 4 aliphatic heterocycles. The lowest BCUT2D eigenvalue weighted by atomic mass is 9.71. The Hall–Kier alpha value is -3.49. The molecule has 1 fully saturated rings. The van der Waals surface area contributed by atoms with Gasteiger partial charge in [-0.3, -0.25) is 9.80 Å². The number of fused-ring (bicyclic) bond motifs is 9. The van der Waals surface area contributed by atoms with Crippen molar-refractivity contribution in [3.05, 3.63) is 52.1 Å². The van der Waals surface area contributed by atoms with Crippen molar-refractivity contribution in [1.29, 1.82) is 5.26 Å². The number of benzene rings is 2. The normalized spacial score (nSPS) is 25.9. The van der Waals surface area contributed by atoms with Gasteiger partial charge in [0.1, 0.15) is 18.4 Å². The lowest BCUT2D eigenvalue weighted by Gasteiger charge is -2.60. The number of nitrogens with zero attached hydrogens (tertiary/aromatic N) is 3. The fraction of sp³-hybridized carbons (Fsp3) is 0.516. The van der Waals surface area contributed by atoms with Gasteiger partial charge in [-0.1, -0.05) is 18.7 Å². The summed E-state index contributed by atoms with van der Waals surface area (Å²) in [5, 5.41) is 10.7. The van der Waals surface area contributed by atoms with Crippen LogP contribution in [0.4, 0.5) is 0 Å². The third kappa shape index (κ3) is 3.98. The molecule has 3 unspecified atom stereocenters. The molecule has 2 aromatic rings. The number of methoxy groups -OCH3 is 2. The number of ether oxygens (including phenoxy) is 6. The molecule has 1 saturated heterocycles. The predicted octanol–water partition coefficient (Wildman–Crippen LogP) is 3.32. The van der Waals surface area contributed by atoms with Crippen molar-refractivity contribution < 1.29 is 28.4 Å². The molecule has 4 aliphatic rings. The van der Waals surface area contributed by atoms with E-state index < -0.39 is 6.04 Å². The Balaban J connectivity index is 1.60. The fourth-order valence-corrected chi connectivity index (χ4v) is 7.64. The smallest absolute Gasteiger partial charge is 0.231 e. The summed E-state index contributed by atoms with van der Waals surface area (Å²) in [5.41, 5.74) is 12.7. The van der Waals surface area contributed by atoms with Crippen LogP contribution in [0.5, 0.6) is 28.7 Å². The summed E-state index contributed by atoms with van der Waals surface area (Å²) in [5.74, 6) is 3.55. The van der Waals surface area contributed by atoms with E-state index >= 15 is 0 Å². The van der Waals surface area contributed by atoms with Gasteiger partial charge in [-0.15, -0.1) is 0 Å². The summed E-state index contributed by atoms with van der Waals surface area (Å²) >= 11 is 0. The highest BCUT2D eigenvalue weighted by atomic mass is 16.7. The van der Waals surface area contributed by atoms with E-state index in [1.807, 2.05) is 13.8 Å². The molecule has 0 amide bonds. The second kappa shape index (κ2) is 10.7. The van der Waals surface area contributed by atoms with Crippen LogP contribution in [0.2, 0.25) is 0 Å². The fourth-order valence-electron chi connectivity index (χ4n) is 7.64. The van der Waals surface area contributed by atoms with Crippen LogP contribution in [0.3, 0.4) is 0 Å². The quantitative estimate of drug-likeness (QED) is 0.380. The van der Waals surface area contributed by atoms with Gasteiger partial charge < -0.3 is 34.2 Å². The summed E-state index contributed by atoms with van der Waals surface area (Å²) in [4.78, 5) is 4.66. The van der Waals surface area contributed by atoms with Crippen molar-refractivity contribution in [1.82, 2.24) is 9.80 Å². The molecule has 0 radical (unpaired) electrons. The van der Waals surface area contributed by atoms with Gasteiger partial charge >= 0.3 is 0 Å². The van der Waals surface area contributed by atoms with Crippen LogP contribution < -0.4 is 29.4 Å². The molecule has 6 rings (SSSR count). The van der Waals surface area contributed by atoms with Crippen LogP contribution in [0.25, 0.3) is 0 Å². The maximum absolute atomic E-state index is 10.7. The summed E-state index contributed by atoms with van der Waals surface area (Å²) in [6.45, 7) is 8.77. The monoisotopic (exact) mass is 562 g/mol. The van der Waals surface area contributed by atoms with E-state index in [1.54, 1.807) is 20.3 Å². The van der Waals surface area contributed by atoms with Gasteiger partial charge in [0.2, 0.25) is 6.79 Å². The van der Waals surface area contributed by atoms with Crippen molar-refractivity contribution in [3.8, 4) is 34.8 Å². The summed E-state index contributed by atoms with van der Waals surface area (Å²) in [6.07, 6.45) is 3.05. The first-order valence-corrected chi connectivity index (χ1v) is 14.0. The van der Waals surface area contributed by atoms with Crippen LogP contribution in [-0.4, -0.2) is 75.9 Å². The van der Waals surface area contributed by atoms with Crippen LogP contribution in [0.15, 0.2) is 18.7 Å². The number of nitriles is 1. The Morgan fingerprint density at radius 3 is 2.56 bits per heavy atom. The maximum Gasteiger partial charge on any atom is 0.231 e. The van der Waals surface area contributed by atoms with Gasteiger partial charge in [0.05, 0.1) is 25.3 Å². The zero-order valence-corrected chi connectivity index (χ0v) is 24.4. The van der Waals surface area contributed by atoms with Crippen molar-refractivity contribution in [2.75, 3.05) is 48.0 Å². The van der Waals surface area contributed by atoms with Gasteiger partial charge in [0.25, 0.3) is 0 Å². The van der Waals surface area contributed by atoms with Crippen molar-refractivity contribution in [2.24, 2.45) is 5.73 Å². The van der Waals surface area contributed by atoms with Gasteiger partial charge in [-0.25, -0.2) is 0 Å². The van der Waals surface area contributed by atoms with Crippen LogP contribution in [-0.2, 0) is 17.6 Å². The van der Waals surface area contributed by atoms with Crippen molar-refractivity contribution >= 4 is 0 Å². The van der Waals surface area contributed by atoms with Crippen LogP contribution >= 0.6 is 0 Å². The van der Waals surface area contributed by atoms with E-state index in [0.717, 1.165) is 33.6 Å². The van der Waals surface area contributed by atoms with Crippen molar-refractivity contribution in [2.45, 2.75) is 56.9 Å². The number of piperazine rings is 1. The Kier molecular flexibility index (Phi) is 7.24. The lowest BCUT2D eigenvalue weighted by molar-refractivity contribution is -0.0719. The molecule has 2 bridgehead atoms. The van der Waals surface area contributed by atoms with Crippen molar-refractivity contribution in [3.63, 3.8) is 0 Å². The number of hydrogen-bond donors (Lipinski definition) is 1. The molecule has 0 saturated carbocycles. The third-order valence-corrected chi connectivity index (χ3v) is 9.14. The number of aryl methyl sites for hydroxylation is 1. The highest BCUT2D eigenvalue weighted by molar-refractivity contribution is 5.66. The minimum Gasteiger partial charge on any atom is -0.493 e. The summed E-state index contributed by atoms with van der Waals surface area (Å²) in [7, 11) is 5.38. The highest BCUT2D eigenvalue weighted by Crippen LogP contribution is 2.58. The van der Waals surface area contributed by atoms with Gasteiger partial charge in [0.15, 0.2) is 29.8 Å². The molecule has 10 heteroatoms. The first-order chi connectivity index (χ1) is 19.9. The summed E-state index contributed by atoms with van der Waals surface area (Å²) in [6, 6.07) is 3.94. The Morgan fingerprint density at radius 1 is 1.10 bits per heavy atom. The molecule has 0 aromatic heterocycles. The molecule has 5 atom stereocenters. The van der Waals surface area contributed by atoms with E-state index in [4.69, 9.17) is 34.2 Å². The molecule has 10 nitrogen and oxygen atoms in total. The number of likely N-dealkylation sites (N-methyl/N-ethyl adjacent to an activating group) is 1. The SMILES string of the molecule is C=CCOc1c(C)c2c(c3c1C[C@H]1C4c5c(cc(C)c(OC)c5OCOC)CC([C@H](C#N)N1C3CN)N4C)OCO2. The second-order valence-electron chi connectivity index (χ2n) is 11.1. The van der Waals surface area contributed by atoms with E-state index in [1.165, 1.54) is 5.56 Å². The predicted molar refractivity (Wildman–Crippen MR) is 152 cm³/mol. The first kappa shape index (κ1) is 27.7. The molecular formula is C31H38N4O6. The molecule has 2 aromatic carbocycles. The van der Waals surface area contributed by atoms with E-state index in [2.05, 4.69) is 35.6 Å². The highest BCUT2D eigenvalue weighted by Gasteiger charge is 2.56. The molecular weight excluding hydrogens is 524 g/mol. The lowest BCUT2D eigenvalue weighted by Crippen LogP contribution is -2.68. The third-order valence-electron chi connectivity index (χ3n) is 9.14. The zero-order chi connectivity index (χ0) is 29.0. The topological polar surface area (TPSA) is 112 Å². The standard InChI is InChI=1S/C31H38N4O6/c1-7-8-38-28-17(3)29-31(41-15-40-29)25-19(28)11-21-26-24-18(9-16(2)27(37-6)30(24)39-14-36-5)10-20(34(26)4)22(12-32)35(21)23(25)13-33/h7,9,20-23,26H,1,8,10-11,13-15,33H2,2-6H3/t20?,21-,22-,23?,26?/m0/s1. The minimum atomic E-state index is -0.390. The zero-order valence-electron chi connectivity index (χ0n) is 24.4. The van der Waals surface area contributed by atoms with Crippen LogP contribution in [0, 0.1) is 25.2 Å². The summed E-state index contributed by atoms with van der Waals surface area (Å²) < 4.78 is 35.8. The average Bonchev–Trinajstić information content (AvgIpc) is 3.46. The Bertz CT molecular complexity index is 1420. The first-order valence-electron chi connectivity index (χ1n) is 14.0. The molecule has 0 spiro atoms. The second-order valence-corrected chi connectivity index (χ2v) is 11.1. The molecule has 218 valence electrons. The molecule has 41 heavy (non-hydrogen) atoms. The Labute approximate surface area is 241 Å². The minimum absolute atomic E-state index is 0.0421.